The third kappa shape index (κ3) is 3.78. The van der Waals surface area contributed by atoms with Gasteiger partial charge in [0.2, 0.25) is 0 Å². The minimum atomic E-state index is 0.128. The lowest BCUT2D eigenvalue weighted by molar-refractivity contribution is 0.150. The number of hydrogen-bond donors (Lipinski definition) is 1. The van der Waals surface area contributed by atoms with Crippen LogP contribution in [0.2, 0.25) is 5.02 Å². The molecule has 4 rings (SSSR count). The number of phenols is 1. The van der Waals surface area contributed by atoms with Crippen molar-refractivity contribution in [2.45, 2.75) is 13.5 Å². The minimum Gasteiger partial charge on any atom is -0.507 e. The first-order valence-corrected chi connectivity index (χ1v) is 9.62. The standard InChI is InChI=1S/C20H24ClN5O/c1-14-11-16(21)13-18(27)19(14)17-12-15-3-4-26(20(15)23-22-17)10-9-25-7-5-24(2)6-8-25/h3-4,11-13,27H,5-10H2,1-2H3. The normalized spacial score (nSPS) is 16.3. The molecule has 0 radical (unpaired) electrons. The minimum absolute atomic E-state index is 0.128. The van der Waals surface area contributed by atoms with Crippen LogP contribution in [0.15, 0.2) is 30.5 Å². The molecule has 1 aliphatic heterocycles. The molecule has 142 valence electrons. The molecule has 6 nitrogen and oxygen atoms in total. The van der Waals surface area contributed by atoms with Crippen molar-refractivity contribution in [2.24, 2.45) is 0 Å². The molecule has 0 bridgehead atoms. The number of hydrogen-bond acceptors (Lipinski definition) is 5. The van der Waals surface area contributed by atoms with E-state index in [4.69, 9.17) is 11.6 Å². The van der Waals surface area contributed by atoms with E-state index in [0.29, 0.717) is 16.3 Å². The number of likely N-dealkylation sites (N-methyl/N-ethyl adjacent to an activating group) is 1. The molecule has 0 saturated carbocycles. The third-order valence-electron chi connectivity index (χ3n) is 5.30. The summed E-state index contributed by atoms with van der Waals surface area (Å²) < 4.78 is 2.15. The second-order valence-corrected chi connectivity index (χ2v) is 7.72. The number of phenolic OH excluding ortho intramolecular Hbond substituents is 1. The van der Waals surface area contributed by atoms with Gasteiger partial charge in [-0.2, -0.15) is 0 Å². The first kappa shape index (κ1) is 18.2. The summed E-state index contributed by atoms with van der Waals surface area (Å²) in [6.07, 6.45) is 2.06. The maximum atomic E-state index is 10.3. The maximum absolute atomic E-state index is 10.3. The molecule has 3 heterocycles. The molecule has 3 aromatic rings. The van der Waals surface area contributed by atoms with Crippen LogP contribution in [0.25, 0.3) is 22.3 Å². The van der Waals surface area contributed by atoms with Gasteiger partial charge in [0.05, 0.1) is 5.69 Å². The van der Waals surface area contributed by atoms with Crippen LogP contribution in [0.4, 0.5) is 0 Å². The lowest BCUT2D eigenvalue weighted by atomic mass is 10.0. The van der Waals surface area contributed by atoms with Crippen LogP contribution in [0, 0.1) is 6.92 Å². The molecule has 1 aromatic carbocycles. The Labute approximate surface area is 164 Å². The summed E-state index contributed by atoms with van der Waals surface area (Å²) in [4.78, 5) is 4.85. The van der Waals surface area contributed by atoms with Gasteiger partial charge in [0.1, 0.15) is 5.75 Å². The van der Waals surface area contributed by atoms with E-state index in [2.05, 4.69) is 43.9 Å². The molecule has 0 amide bonds. The molecule has 7 heteroatoms. The molecule has 1 fully saturated rings. The van der Waals surface area contributed by atoms with Crippen molar-refractivity contribution in [3.63, 3.8) is 0 Å². The van der Waals surface area contributed by atoms with Crippen molar-refractivity contribution in [3.8, 4) is 17.0 Å². The fraction of sp³-hybridized carbons (Fsp3) is 0.400. The van der Waals surface area contributed by atoms with Crippen LogP contribution in [0.5, 0.6) is 5.75 Å². The number of fused-ring (bicyclic) bond motifs is 1. The van der Waals surface area contributed by atoms with E-state index in [1.54, 1.807) is 0 Å². The van der Waals surface area contributed by atoms with E-state index in [0.717, 1.165) is 55.9 Å². The quantitative estimate of drug-likeness (QED) is 0.748. The molecule has 1 saturated heterocycles. The van der Waals surface area contributed by atoms with Crippen molar-refractivity contribution >= 4 is 22.6 Å². The van der Waals surface area contributed by atoms with Crippen LogP contribution in [0.3, 0.4) is 0 Å². The lowest BCUT2D eigenvalue weighted by Gasteiger charge is -2.32. The zero-order valence-electron chi connectivity index (χ0n) is 15.7. The average Bonchev–Trinajstić information content (AvgIpc) is 3.03. The van der Waals surface area contributed by atoms with Gasteiger partial charge in [-0.15, -0.1) is 10.2 Å². The van der Waals surface area contributed by atoms with E-state index in [1.807, 2.05) is 19.1 Å². The molecule has 2 aromatic heterocycles. The molecule has 27 heavy (non-hydrogen) atoms. The summed E-state index contributed by atoms with van der Waals surface area (Å²) in [6.45, 7) is 8.29. The molecule has 0 spiro atoms. The Morgan fingerprint density at radius 1 is 1.07 bits per heavy atom. The van der Waals surface area contributed by atoms with Gasteiger partial charge in [0.25, 0.3) is 0 Å². The highest BCUT2D eigenvalue weighted by molar-refractivity contribution is 6.31. The maximum Gasteiger partial charge on any atom is 0.162 e. The summed E-state index contributed by atoms with van der Waals surface area (Å²) >= 11 is 6.01. The third-order valence-corrected chi connectivity index (χ3v) is 5.52. The van der Waals surface area contributed by atoms with Crippen molar-refractivity contribution in [1.82, 2.24) is 24.6 Å². The number of rotatable bonds is 4. The van der Waals surface area contributed by atoms with Crippen molar-refractivity contribution in [3.05, 3.63) is 41.0 Å². The van der Waals surface area contributed by atoms with Gasteiger partial charge in [-0.3, -0.25) is 4.90 Å². The smallest absolute Gasteiger partial charge is 0.162 e. The molecule has 0 aliphatic carbocycles. The predicted molar refractivity (Wildman–Crippen MR) is 108 cm³/mol. The number of piperazine rings is 1. The van der Waals surface area contributed by atoms with Gasteiger partial charge in [-0.25, -0.2) is 0 Å². The summed E-state index contributed by atoms with van der Waals surface area (Å²) in [5, 5.41) is 20.6. The molecule has 1 N–H and O–H groups in total. The van der Waals surface area contributed by atoms with Crippen LogP contribution in [-0.4, -0.2) is 69.4 Å². The van der Waals surface area contributed by atoms with Gasteiger partial charge < -0.3 is 14.6 Å². The number of halogens is 1. The Morgan fingerprint density at radius 2 is 1.85 bits per heavy atom. The lowest BCUT2D eigenvalue weighted by Crippen LogP contribution is -2.45. The van der Waals surface area contributed by atoms with Gasteiger partial charge in [-0.1, -0.05) is 11.6 Å². The summed E-state index contributed by atoms with van der Waals surface area (Å²) in [6, 6.07) is 7.39. The molecule has 1 aliphatic rings. The highest BCUT2D eigenvalue weighted by atomic mass is 35.5. The molecular weight excluding hydrogens is 362 g/mol. The number of aromatic nitrogens is 3. The fourth-order valence-corrected chi connectivity index (χ4v) is 3.94. The predicted octanol–water partition coefficient (Wildman–Crippen LogP) is 3.01. The molecular formula is C20H24ClN5O. The topological polar surface area (TPSA) is 57.4 Å². The Balaban J connectivity index is 1.55. The van der Waals surface area contributed by atoms with Crippen LogP contribution in [-0.2, 0) is 6.54 Å². The van der Waals surface area contributed by atoms with E-state index in [9.17, 15) is 5.11 Å². The number of aromatic hydroxyl groups is 1. The highest BCUT2D eigenvalue weighted by Gasteiger charge is 2.15. The first-order valence-electron chi connectivity index (χ1n) is 9.24. The van der Waals surface area contributed by atoms with Crippen molar-refractivity contribution < 1.29 is 5.11 Å². The number of benzene rings is 1. The van der Waals surface area contributed by atoms with E-state index < -0.39 is 0 Å². The zero-order valence-corrected chi connectivity index (χ0v) is 16.4. The van der Waals surface area contributed by atoms with Crippen molar-refractivity contribution in [2.75, 3.05) is 39.8 Å². The van der Waals surface area contributed by atoms with Gasteiger partial charge >= 0.3 is 0 Å². The summed E-state index contributed by atoms with van der Waals surface area (Å²) in [7, 11) is 2.17. The average molecular weight is 386 g/mol. The first-order chi connectivity index (χ1) is 13.0. The van der Waals surface area contributed by atoms with Crippen LogP contribution in [0.1, 0.15) is 5.56 Å². The van der Waals surface area contributed by atoms with E-state index in [-0.39, 0.29) is 5.75 Å². The van der Waals surface area contributed by atoms with Crippen LogP contribution >= 0.6 is 11.6 Å². The van der Waals surface area contributed by atoms with Crippen LogP contribution < -0.4 is 0 Å². The second kappa shape index (κ2) is 7.46. The SMILES string of the molecule is Cc1cc(Cl)cc(O)c1-c1cc2ccn(CCN3CCN(C)CC3)c2nn1. The Bertz CT molecular complexity index is 939. The number of nitrogens with zero attached hydrogens (tertiary/aromatic N) is 5. The highest BCUT2D eigenvalue weighted by Crippen LogP contribution is 2.34. The molecule has 0 atom stereocenters. The van der Waals surface area contributed by atoms with Gasteiger partial charge in [0.15, 0.2) is 5.65 Å². The van der Waals surface area contributed by atoms with Gasteiger partial charge in [0, 0.05) is 61.4 Å². The van der Waals surface area contributed by atoms with E-state index in [1.165, 1.54) is 6.07 Å². The Morgan fingerprint density at radius 3 is 2.59 bits per heavy atom. The summed E-state index contributed by atoms with van der Waals surface area (Å²) in [5.41, 5.74) is 3.09. The zero-order chi connectivity index (χ0) is 19.0. The fourth-order valence-electron chi connectivity index (χ4n) is 3.67. The van der Waals surface area contributed by atoms with E-state index >= 15 is 0 Å². The monoisotopic (exact) mass is 385 g/mol. The largest absolute Gasteiger partial charge is 0.507 e. The Kier molecular flexibility index (Phi) is 5.04. The second-order valence-electron chi connectivity index (χ2n) is 7.28. The number of aryl methyl sites for hydroxylation is 1. The van der Waals surface area contributed by atoms with Gasteiger partial charge in [-0.05, 0) is 43.8 Å². The van der Waals surface area contributed by atoms with Crippen molar-refractivity contribution in [1.29, 1.82) is 0 Å². The molecule has 0 unspecified atom stereocenters. The summed E-state index contributed by atoms with van der Waals surface area (Å²) in [5.74, 6) is 0.128. The Hall–Kier alpha value is -2.15.